The molecule has 78 valence electrons. The second-order valence-electron chi connectivity index (χ2n) is 3.13. The van der Waals surface area contributed by atoms with Crippen molar-refractivity contribution in [3.63, 3.8) is 0 Å². The molecule has 0 aliphatic heterocycles. The molecule has 0 unspecified atom stereocenters. The van der Waals surface area contributed by atoms with Crippen LogP contribution in [0.5, 0.6) is 0 Å². The van der Waals surface area contributed by atoms with Crippen molar-refractivity contribution in [3.8, 4) is 0 Å². The summed E-state index contributed by atoms with van der Waals surface area (Å²) in [5.41, 5.74) is 1.64. The maximum Gasteiger partial charge on any atom is 0.225 e. The molecule has 0 saturated carbocycles. The lowest BCUT2D eigenvalue weighted by molar-refractivity contribution is -0.115. The molecular weight excluding hydrogens is 258 g/mol. The van der Waals surface area contributed by atoms with Gasteiger partial charge >= 0.3 is 0 Å². The van der Waals surface area contributed by atoms with Gasteiger partial charge in [0.05, 0.1) is 17.4 Å². The third-order valence-electron chi connectivity index (χ3n) is 2.07. The van der Waals surface area contributed by atoms with Crippen LogP contribution in [0.25, 0.3) is 10.9 Å². The third kappa shape index (κ3) is 2.18. The molecule has 0 aliphatic rings. The van der Waals surface area contributed by atoms with Crippen LogP contribution in [0.1, 0.15) is 6.42 Å². The molecule has 0 atom stereocenters. The summed E-state index contributed by atoms with van der Waals surface area (Å²) in [7, 11) is 0. The van der Waals surface area contributed by atoms with E-state index in [1.54, 1.807) is 6.20 Å². The zero-order valence-corrected chi connectivity index (χ0v) is 9.54. The van der Waals surface area contributed by atoms with Gasteiger partial charge in [-0.05, 0) is 6.07 Å². The van der Waals surface area contributed by atoms with E-state index in [0.717, 1.165) is 16.6 Å². The number of benzene rings is 1. The van der Waals surface area contributed by atoms with E-state index in [4.69, 9.17) is 0 Å². The van der Waals surface area contributed by atoms with Gasteiger partial charge in [0.1, 0.15) is 0 Å². The molecule has 2 N–H and O–H groups in total. The van der Waals surface area contributed by atoms with E-state index < -0.39 is 0 Å². The highest BCUT2D eigenvalue weighted by molar-refractivity contribution is 9.09. The molecule has 1 aromatic heterocycles. The fourth-order valence-electron chi connectivity index (χ4n) is 1.37. The number of H-pyrrole nitrogens is 1. The van der Waals surface area contributed by atoms with E-state index in [1.165, 1.54) is 0 Å². The first kappa shape index (κ1) is 10.2. The normalized spacial score (nSPS) is 10.5. The lowest BCUT2D eigenvalue weighted by Crippen LogP contribution is -2.11. The molecule has 0 fully saturated rings. The number of para-hydroxylation sites is 1. The van der Waals surface area contributed by atoms with Gasteiger partial charge in [-0.2, -0.15) is 5.10 Å². The fourth-order valence-corrected chi connectivity index (χ4v) is 1.73. The number of alkyl halides is 1. The molecule has 0 saturated heterocycles. The maximum absolute atomic E-state index is 11.4. The molecular formula is C10H10BrN3O. The lowest BCUT2D eigenvalue weighted by atomic mass is 10.2. The highest BCUT2D eigenvalue weighted by atomic mass is 79.9. The Morgan fingerprint density at radius 2 is 2.40 bits per heavy atom. The number of amides is 1. The zero-order valence-electron chi connectivity index (χ0n) is 7.96. The van der Waals surface area contributed by atoms with Crippen LogP contribution in [0.15, 0.2) is 24.4 Å². The van der Waals surface area contributed by atoms with Crippen molar-refractivity contribution in [2.24, 2.45) is 0 Å². The van der Waals surface area contributed by atoms with Gasteiger partial charge in [-0.25, -0.2) is 0 Å². The summed E-state index contributed by atoms with van der Waals surface area (Å²) in [5.74, 6) is -0.00558. The number of carbonyl (C=O) groups is 1. The van der Waals surface area contributed by atoms with E-state index in [1.807, 2.05) is 18.2 Å². The quantitative estimate of drug-likeness (QED) is 0.839. The fraction of sp³-hybridized carbons (Fsp3) is 0.200. The highest BCUT2D eigenvalue weighted by Gasteiger charge is 2.05. The van der Waals surface area contributed by atoms with Crippen molar-refractivity contribution in [2.75, 3.05) is 10.6 Å². The third-order valence-corrected chi connectivity index (χ3v) is 2.47. The van der Waals surface area contributed by atoms with Crippen molar-refractivity contribution in [1.82, 2.24) is 10.2 Å². The van der Waals surface area contributed by atoms with Crippen LogP contribution >= 0.6 is 15.9 Å². The van der Waals surface area contributed by atoms with E-state index in [2.05, 4.69) is 31.4 Å². The number of nitrogens with one attached hydrogen (secondary N) is 2. The number of hydrogen-bond donors (Lipinski definition) is 2. The Hall–Kier alpha value is -1.36. The largest absolute Gasteiger partial charge is 0.324 e. The average molecular weight is 268 g/mol. The molecule has 4 nitrogen and oxygen atoms in total. The van der Waals surface area contributed by atoms with Gasteiger partial charge in [-0.3, -0.25) is 9.89 Å². The summed E-state index contributed by atoms with van der Waals surface area (Å²) in [6, 6.07) is 5.69. The predicted octanol–water partition coefficient (Wildman–Crippen LogP) is 2.29. The molecule has 1 aromatic carbocycles. The number of carbonyl (C=O) groups excluding carboxylic acids is 1. The summed E-state index contributed by atoms with van der Waals surface area (Å²) < 4.78 is 0. The molecule has 2 aromatic rings. The Morgan fingerprint density at radius 1 is 1.53 bits per heavy atom. The van der Waals surface area contributed by atoms with Gasteiger partial charge in [-0.1, -0.05) is 28.1 Å². The summed E-state index contributed by atoms with van der Waals surface area (Å²) >= 11 is 3.22. The molecule has 0 spiro atoms. The Bertz CT molecular complexity index is 480. The van der Waals surface area contributed by atoms with E-state index >= 15 is 0 Å². The van der Waals surface area contributed by atoms with Gasteiger partial charge in [0, 0.05) is 17.1 Å². The van der Waals surface area contributed by atoms with E-state index in [-0.39, 0.29) is 5.91 Å². The van der Waals surface area contributed by atoms with Crippen LogP contribution in [-0.4, -0.2) is 21.4 Å². The van der Waals surface area contributed by atoms with Gasteiger partial charge in [0.2, 0.25) is 5.91 Å². The zero-order chi connectivity index (χ0) is 10.7. The molecule has 15 heavy (non-hydrogen) atoms. The summed E-state index contributed by atoms with van der Waals surface area (Å²) in [6.45, 7) is 0. The average Bonchev–Trinajstić information content (AvgIpc) is 2.67. The molecule has 1 heterocycles. The number of hydrogen-bond acceptors (Lipinski definition) is 2. The van der Waals surface area contributed by atoms with Gasteiger partial charge in [0.15, 0.2) is 0 Å². The summed E-state index contributed by atoms with van der Waals surface area (Å²) in [6.07, 6.45) is 2.19. The van der Waals surface area contributed by atoms with Crippen LogP contribution in [-0.2, 0) is 4.79 Å². The first-order valence-corrected chi connectivity index (χ1v) is 5.71. The first-order valence-electron chi connectivity index (χ1n) is 4.59. The highest BCUT2D eigenvalue weighted by Crippen LogP contribution is 2.20. The molecule has 0 aliphatic carbocycles. The first-order chi connectivity index (χ1) is 7.31. The Labute approximate surface area is 95.2 Å². The van der Waals surface area contributed by atoms with Crippen molar-refractivity contribution in [3.05, 3.63) is 24.4 Å². The van der Waals surface area contributed by atoms with Crippen molar-refractivity contribution >= 4 is 38.4 Å². The number of anilines is 1. The van der Waals surface area contributed by atoms with Crippen LogP contribution < -0.4 is 5.32 Å². The number of aromatic amines is 1. The lowest BCUT2D eigenvalue weighted by Gasteiger charge is -2.04. The van der Waals surface area contributed by atoms with Crippen molar-refractivity contribution in [1.29, 1.82) is 0 Å². The number of nitrogens with zero attached hydrogens (tertiary/aromatic N) is 1. The summed E-state index contributed by atoms with van der Waals surface area (Å²) in [5, 5.41) is 11.3. The second-order valence-corrected chi connectivity index (χ2v) is 3.92. The van der Waals surface area contributed by atoms with Crippen molar-refractivity contribution < 1.29 is 4.79 Å². The number of halogens is 1. The Balaban J connectivity index is 2.27. The van der Waals surface area contributed by atoms with Crippen LogP contribution in [0, 0.1) is 0 Å². The van der Waals surface area contributed by atoms with Gasteiger partial charge in [-0.15, -0.1) is 0 Å². The van der Waals surface area contributed by atoms with Gasteiger partial charge in [0.25, 0.3) is 0 Å². The SMILES string of the molecule is O=C(CCBr)Nc1cccc2cn[nH]c12. The molecule has 0 radical (unpaired) electrons. The smallest absolute Gasteiger partial charge is 0.225 e. The minimum absolute atomic E-state index is 0.00558. The van der Waals surface area contributed by atoms with Crippen LogP contribution in [0.2, 0.25) is 0 Å². The minimum Gasteiger partial charge on any atom is -0.324 e. The number of fused-ring (bicyclic) bond motifs is 1. The second kappa shape index (κ2) is 4.44. The Morgan fingerprint density at radius 3 is 3.20 bits per heavy atom. The van der Waals surface area contributed by atoms with Crippen LogP contribution in [0.4, 0.5) is 5.69 Å². The monoisotopic (exact) mass is 267 g/mol. The number of aromatic nitrogens is 2. The van der Waals surface area contributed by atoms with E-state index in [9.17, 15) is 4.79 Å². The van der Waals surface area contributed by atoms with Crippen molar-refractivity contribution in [2.45, 2.75) is 6.42 Å². The maximum atomic E-state index is 11.4. The molecule has 0 bridgehead atoms. The predicted molar refractivity (Wildman–Crippen MR) is 63.1 cm³/mol. The van der Waals surface area contributed by atoms with Crippen LogP contribution in [0.3, 0.4) is 0 Å². The molecule has 5 heteroatoms. The number of rotatable bonds is 3. The topological polar surface area (TPSA) is 57.8 Å². The van der Waals surface area contributed by atoms with E-state index in [0.29, 0.717) is 11.8 Å². The minimum atomic E-state index is -0.00558. The summed E-state index contributed by atoms with van der Waals surface area (Å²) in [4.78, 5) is 11.4. The standard InChI is InChI=1S/C10H10BrN3O/c11-5-4-9(15)13-8-3-1-2-7-6-12-14-10(7)8/h1-3,6H,4-5H2,(H,12,14)(H,13,15). The molecule has 2 rings (SSSR count). The van der Waals surface area contributed by atoms with Gasteiger partial charge < -0.3 is 5.32 Å². The Kier molecular flexibility index (Phi) is 3.01. The molecule has 1 amide bonds.